The molecule has 0 N–H and O–H groups in total. The van der Waals surface area contributed by atoms with Crippen molar-refractivity contribution >= 4 is 5.91 Å². The van der Waals surface area contributed by atoms with Crippen LogP contribution in [-0.4, -0.2) is 83.2 Å². The van der Waals surface area contributed by atoms with E-state index in [0.717, 1.165) is 45.0 Å². The number of hydrogen-bond acceptors (Lipinski definition) is 6. The molecule has 1 amide bonds. The van der Waals surface area contributed by atoms with Crippen LogP contribution >= 0.6 is 0 Å². The molecule has 0 saturated carbocycles. The van der Waals surface area contributed by atoms with Gasteiger partial charge in [0, 0.05) is 33.1 Å². The summed E-state index contributed by atoms with van der Waals surface area (Å²) in [5, 5.41) is 8.15. The minimum absolute atomic E-state index is 0.0206. The molecule has 2 aliphatic heterocycles. The summed E-state index contributed by atoms with van der Waals surface area (Å²) in [6.45, 7) is 5.54. The van der Waals surface area contributed by atoms with Crippen molar-refractivity contribution in [2.75, 3.05) is 46.4 Å². The molecule has 27 heavy (non-hydrogen) atoms. The van der Waals surface area contributed by atoms with E-state index in [1.807, 2.05) is 18.2 Å². The standard InChI is InChI=1S/C19H25N5O3/c1-22(13-16-12-15-4-2-3-5-18(15)27-16)19(25)17-14-24(21-20-17)7-6-23-8-10-26-11-9-23/h2-5,14,16H,6-13H2,1H3/t16-/m0/s1. The number of likely N-dealkylation sites (N-methyl/N-ethyl adjacent to an activating group) is 1. The first kappa shape index (κ1) is 17.9. The number of carbonyl (C=O) groups is 1. The molecule has 4 rings (SSSR count). The smallest absolute Gasteiger partial charge is 0.275 e. The Balaban J connectivity index is 1.28. The van der Waals surface area contributed by atoms with E-state index in [2.05, 4.69) is 21.3 Å². The molecule has 2 aromatic rings. The van der Waals surface area contributed by atoms with Gasteiger partial charge in [-0.2, -0.15) is 0 Å². The minimum atomic E-state index is -0.132. The summed E-state index contributed by atoms with van der Waals surface area (Å²) in [7, 11) is 1.78. The van der Waals surface area contributed by atoms with Gasteiger partial charge in [0.2, 0.25) is 0 Å². The quantitative estimate of drug-likeness (QED) is 0.744. The van der Waals surface area contributed by atoms with Gasteiger partial charge in [-0.1, -0.05) is 23.4 Å². The Morgan fingerprint density at radius 1 is 1.26 bits per heavy atom. The molecule has 0 unspecified atom stereocenters. The Morgan fingerprint density at radius 2 is 2.07 bits per heavy atom. The Morgan fingerprint density at radius 3 is 2.89 bits per heavy atom. The monoisotopic (exact) mass is 371 g/mol. The first-order valence-corrected chi connectivity index (χ1v) is 9.39. The second-order valence-corrected chi connectivity index (χ2v) is 7.06. The van der Waals surface area contributed by atoms with Gasteiger partial charge in [-0.05, 0) is 11.6 Å². The van der Waals surface area contributed by atoms with Gasteiger partial charge >= 0.3 is 0 Å². The van der Waals surface area contributed by atoms with Crippen LogP contribution in [0.25, 0.3) is 0 Å². The van der Waals surface area contributed by atoms with Crippen LogP contribution in [0, 0.1) is 0 Å². The topological polar surface area (TPSA) is 72.7 Å². The van der Waals surface area contributed by atoms with Gasteiger partial charge in [0.05, 0.1) is 32.5 Å². The second-order valence-electron chi connectivity index (χ2n) is 7.06. The van der Waals surface area contributed by atoms with E-state index in [-0.39, 0.29) is 12.0 Å². The first-order chi connectivity index (χ1) is 13.2. The predicted molar refractivity (Wildman–Crippen MR) is 98.8 cm³/mol. The van der Waals surface area contributed by atoms with Crippen LogP contribution in [0.1, 0.15) is 16.1 Å². The summed E-state index contributed by atoms with van der Waals surface area (Å²) < 4.78 is 13.0. The van der Waals surface area contributed by atoms with Gasteiger partial charge in [0.1, 0.15) is 11.9 Å². The zero-order valence-electron chi connectivity index (χ0n) is 15.6. The van der Waals surface area contributed by atoms with E-state index in [9.17, 15) is 4.79 Å². The Labute approximate surface area is 158 Å². The fourth-order valence-electron chi connectivity index (χ4n) is 3.51. The lowest BCUT2D eigenvalue weighted by Crippen LogP contribution is -2.38. The Hall–Kier alpha value is -2.45. The molecule has 1 aromatic carbocycles. The molecule has 8 heteroatoms. The number of carbonyl (C=O) groups excluding carboxylic acids is 1. The second kappa shape index (κ2) is 8.06. The van der Waals surface area contributed by atoms with Crippen LogP contribution in [0.4, 0.5) is 0 Å². The average molecular weight is 371 g/mol. The molecule has 0 aliphatic carbocycles. The third kappa shape index (κ3) is 4.28. The van der Waals surface area contributed by atoms with Crippen LogP contribution in [0.5, 0.6) is 5.75 Å². The van der Waals surface area contributed by atoms with Crippen LogP contribution in [0.15, 0.2) is 30.5 Å². The van der Waals surface area contributed by atoms with E-state index in [1.54, 1.807) is 22.8 Å². The predicted octanol–water partition coefficient (Wildman–Crippen LogP) is 0.686. The van der Waals surface area contributed by atoms with E-state index >= 15 is 0 Å². The van der Waals surface area contributed by atoms with Crippen molar-refractivity contribution in [1.82, 2.24) is 24.8 Å². The van der Waals surface area contributed by atoms with Crippen molar-refractivity contribution in [3.05, 3.63) is 41.7 Å². The maximum absolute atomic E-state index is 12.7. The zero-order chi connectivity index (χ0) is 18.6. The minimum Gasteiger partial charge on any atom is -0.488 e. The molecule has 0 spiro atoms. The Kier molecular flexibility index (Phi) is 5.35. The highest BCUT2D eigenvalue weighted by Crippen LogP contribution is 2.28. The van der Waals surface area contributed by atoms with E-state index in [4.69, 9.17) is 9.47 Å². The number of para-hydroxylation sites is 1. The van der Waals surface area contributed by atoms with Gasteiger partial charge in [0.15, 0.2) is 5.69 Å². The fraction of sp³-hybridized carbons (Fsp3) is 0.526. The van der Waals surface area contributed by atoms with Crippen molar-refractivity contribution in [3.8, 4) is 5.75 Å². The lowest BCUT2D eigenvalue weighted by Gasteiger charge is -2.26. The van der Waals surface area contributed by atoms with Gasteiger partial charge in [-0.15, -0.1) is 5.10 Å². The molecule has 1 saturated heterocycles. The Bertz CT molecular complexity index is 762. The number of nitrogens with zero attached hydrogens (tertiary/aromatic N) is 5. The summed E-state index contributed by atoms with van der Waals surface area (Å²) >= 11 is 0. The van der Waals surface area contributed by atoms with Crippen molar-refractivity contribution in [3.63, 3.8) is 0 Å². The maximum Gasteiger partial charge on any atom is 0.275 e. The van der Waals surface area contributed by atoms with Gasteiger partial charge in [-0.3, -0.25) is 14.4 Å². The number of benzene rings is 1. The van der Waals surface area contributed by atoms with Crippen LogP contribution < -0.4 is 4.74 Å². The lowest BCUT2D eigenvalue weighted by atomic mass is 10.1. The molecular formula is C19H25N5O3. The summed E-state index contributed by atoms with van der Waals surface area (Å²) in [6.07, 6.45) is 2.52. The van der Waals surface area contributed by atoms with E-state index in [0.29, 0.717) is 18.8 Å². The normalized spacial score (nSPS) is 19.5. The summed E-state index contributed by atoms with van der Waals surface area (Å²) in [6, 6.07) is 8.01. The number of rotatable bonds is 6. The van der Waals surface area contributed by atoms with Crippen molar-refractivity contribution in [2.24, 2.45) is 0 Å². The summed E-state index contributed by atoms with van der Waals surface area (Å²) in [4.78, 5) is 16.6. The van der Waals surface area contributed by atoms with Gasteiger partial charge in [-0.25, -0.2) is 0 Å². The van der Waals surface area contributed by atoms with Crippen LogP contribution in [0.3, 0.4) is 0 Å². The van der Waals surface area contributed by atoms with Crippen LogP contribution in [-0.2, 0) is 17.7 Å². The SMILES string of the molecule is CN(C[C@@H]1Cc2ccccc2O1)C(=O)c1cn(CCN2CCOCC2)nn1. The van der Waals surface area contributed by atoms with Crippen molar-refractivity contribution in [1.29, 1.82) is 0 Å². The van der Waals surface area contributed by atoms with Gasteiger partial charge in [0.25, 0.3) is 5.91 Å². The molecule has 0 radical (unpaired) electrons. The number of hydrogen-bond donors (Lipinski definition) is 0. The maximum atomic E-state index is 12.7. The van der Waals surface area contributed by atoms with Crippen LogP contribution in [0.2, 0.25) is 0 Å². The highest BCUT2D eigenvalue weighted by atomic mass is 16.5. The molecule has 144 valence electrons. The molecule has 3 heterocycles. The number of amides is 1. The van der Waals surface area contributed by atoms with E-state index in [1.165, 1.54) is 5.56 Å². The third-order valence-electron chi connectivity index (χ3n) is 5.04. The molecule has 2 aliphatic rings. The third-order valence-corrected chi connectivity index (χ3v) is 5.04. The molecule has 0 bridgehead atoms. The number of ether oxygens (including phenoxy) is 2. The van der Waals surface area contributed by atoms with Gasteiger partial charge < -0.3 is 14.4 Å². The number of aromatic nitrogens is 3. The molecular weight excluding hydrogens is 346 g/mol. The average Bonchev–Trinajstić information content (AvgIpc) is 3.33. The molecule has 1 atom stereocenters. The zero-order valence-corrected chi connectivity index (χ0v) is 15.6. The summed E-state index contributed by atoms with van der Waals surface area (Å²) in [5.41, 5.74) is 1.56. The van der Waals surface area contributed by atoms with Crippen molar-refractivity contribution < 1.29 is 14.3 Å². The largest absolute Gasteiger partial charge is 0.488 e. The lowest BCUT2D eigenvalue weighted by molar-refractivity contribution is 0.0359. The number of fused-ring (bicyclic) bond motifs is 1. The molecule has 1 aromatic heterocycles. The highest BCUT2D eigenvalue weighted by Gasteiger charge is 2.26. The van der Waals surface area contributed by atoms with Crippen molar-refractivity contribution in [2.45, 2.75) is 19.1 Å². The molecule has 8 nitrogen and oxygen atoms in total. The fourth-order valence-corrected chi connectivity index (χ4v) is 3.51. The first-order valence-electron chi connectivity index (χ1n) is 9.39. The highest BCUT2D eigenvalue weighted by molar-refractivity contribution is 5.91. The molecule has 1 fully saturated rings. The number of morpholine rings is 1. The van der Waals surface area contributed by atoms with E-state index < -0.39 is 0 Å². The summed E-state index contributed by atoms with van der Waals surface area (Å²) in [5.74, 6) is 0.782.